The van der Waals surface area contributed by atoms with Crippen molar-refractivity contribution in [2.24, 2.45) is 0 Å². The summed E-state index contributed by atoms with van der Waals surface area (Å²) in [7, 11) is 0. The number of rotatable bonds is 2. The van der Waals surface area contributed by atoms with Crippen molar-refractivity contribution in [3.63, 3.8) is 0 Å². The van der Waals surface area contributed by atoms with Crippen LogP contribution in [0, 0.1) is 0 Å². The fraction of sp³-hybridized carbons (Fsp3) is 0.250. The quantitative estimate of drug-likeness (QED) is 0.486. The molecule has 0 bridgehead atoms. The molecule has 1 N–H and O–H groups in total. The SMILES string of the molecule is C\C(O)=C/C=C(F)\C=C(/C)F. The highest BCUT2D eigenvalue weighted by molar-refractivity contribution is 5.19. The van der Waals surface area contributed by atoms with Gasteiger partial charge in [-0.05, 0) is 26.0 Å². The van der Waals surface area contributed by atoms with Crippen molar-refractivity contribution in [1.29, 1.82) is 0 Å². The summed E-state index contributed by atoms with van der Waals surface area (Å²) in [5, 5.41) is 8.57. The molecule has 0 aromatic carbocycles. The molecule has 0 saturated carbocycles. The highest BCUT2D eigenvalue weighted by Crippen LogP contribution is 2.05. The first-order valence-corrected chi connectivity index (χ1v) is 3.09. The number of aliphatic hydroxyl groups excluding tert-OH is 1. The minimum absolute atomic E-state index is 0.0231. The molecule has 0 fully saturated rings. The van der Waals surface area contributed by atoms with Gasteiger partial charge in [-0.1, -0.05) is 0 Å². The Morgan fingerprint density at radius 2 is 1.73 bits per heavy atom. The van der Waals surface area contributed by atoms with Crippen LogP contribution in [0.5, 0.6) is 0 Å². The average molecular weight is 160 g/mol. The first-order valence-electron chi connectivity index (χ1n) is 3.09. The second-order valence-corrected chi connectivity index (χ2v) is 2.09. The lowest BCUT2D eigenvalue weighted by molar-refractivity contribution is 0.414. The molecule has 0 amide bonds. The Balaban J connectivity index is 4.25. The molecule has 0 aliphatic carbocycles. The molecule has 1 nitrogen and oxygen atoms in total. The Kier molecular flexibility index (Phi) is 4.18. The largest absolute Gasteiger partial charge is 0.513 e. The maximum absolute atomic E-state index is 12.4. The van der Waals surface area contributed by atoms with Crippen molar-refractivity contribution in [2.75, 3.05) is 0 Å². The first-order chi connectivity index (χ1) is 5.02. The van der Waals surface area contributed by atoms with Crippen molar-refractivity contribution in [3.05, 3.63) is 35.6 Å². The van der Waals surface area contributed by atoms with Crippen LogP contribution in [0.1, 0.15) is 13.8 Å². The molecule has 0 saturated heterocycles. The molecule has 3 heteroatoms. The molecule has 0 unspecified atom stereocenters. The second-order valence-electron chi connectivity index (χ2n) is 2.09. The lowest BCUT2D eigenvalue weighted by Crippen LogP contribution is -1.69. The van der Waals surface area contributed by atoms with Crippen molar-refractivity contribution >= 4 is 0 Å². The third-order valence-corrected chi connectivity index (χ3v) is 0.821. The van der Waals surface area contributed by atoms with Crippen LogP contribution < -0.4 is 0 Å². The summed E-state index contributed by atoms with van der Waals surface area (Å²) in [4.78, 5) is 0. The Morgan fingerprint density at radius 3 is 2.09 bits per heavy atom. The predicted octanol–water partition coefficient (Wildman–Crippen LogP) is 3.17. The summed E-state index contributed by atoms with van der Waals surface area (Å²) in [6, 6.07) is 0. The fourth-order valence-corrected chi connectivity index (χ4v) is 0.438. The summed E-state index contributed by atoms with van der Waals surface area (Å²) in [6.45, 7) is 2.54. The van der Waals surface area contributed by atoms with E-state index in [0.717, 1.165) is 25.2 Å². The minimum atomic E-state index is -0.724. The van der Waals surface area contributed by atoms with Crippen molar-refractivity contribution in [2.45, 2.75) is 13.8 Å². The monoisotopic (exact) mass is 160 g/mol. The summed E-state index contributed by atoms with van der Waals surface area (Å²) in [5.41, 5.74) is 0. The molecular weight excluding hydrogens is 150 g/mol. The zero-order valence-electron chi connectivity index (χ0n) is 6.44. The normalized spacial score (nSPS) is 15.5. The third kappa shape index (κ3) is 6.77. The van der Waals surface area contributed by atoms with Crippen molar-refractivity contribution < 1.29 is 13.9 Å². The van der Waals surface area contributed by atoms with Crippen LogP contribution in [0.2, 0.25) is 0 Å². The molecule has 0 aliphatic heterocycles. The van der Waals surface area contributed by atoms with E-state index >= 15 is 0 Å². The molecular formula is C8H10F2O. The van der Waals surface area contributed by atoms with Gasteiger partial charge in [0, 0.05) is 6.08 Å². The van der Waals surface area contributed by atoms with E-state index in [2.05, 4.69) is 0 Å². The number of hydrogen-bond acceptors (Lipinski definition) is 1. The molecule has 0 radical (unpaired) electrons. The lowest BCUT2D eigenvalue weighted by Gasteiger charge is -1.85. The second kappa shape index (κ2) is 4.66. The van der Waals surface area contributed by atoms with E-state index in [9.17, 15) is 8.78 Å². The van der Waals surface area contributed by atoms with E-state index in [4.69, 9.17) is 5.11 Å². The number of hydrogen-bond donors (Lipinski definition) is 1. The van der Waals surface area contributed by atoms with E-state index < -0.39 is 11.7 Å². The maximum atomic E-state index is 12.4. The van der Waals surface area contributed by atoms with Crippen molar-refractivity contribution in [1.82, 2.24) is 0 Å². The van der Waals surface area contributed by atoms with Crippen LogP contribution in [0.25, 0.3) is 0 Å². The van der Waals surface area contributed by atoms with Gasteiger partial charge in [-0.2, -0.15) is 0 Å². The zero-order chi connectivity index (χ0) is 8.85. The molecule has 0 aliphatic rings. The first kappa shape index (κ1) is 9.88. The topological polar surface area (TPSA) is 20.2 Å². The molecule has 0 spiro atoms. The van der Waals surface area contributed by atoms with E-state index in [-0.39, 0.29) is 5.76 Å². The molecule has 11 heavy (non-hydrogen) atoms. The highest BCUT2D eigenvalue weighted by atomic mass is 19.1. The van der Waals surface area contributed by atoms with Gasteiger partial charge in [-0.15, -0.1) is 0 Å². The zero-order valence-corrected chi connectivity index (χ0v) is 6.44. The van der Waals surface area contributed by atoms with Crippen molar-refractivity contribution in [3.8, 4) is 0 Å². The summed E-state index contributed by atoms with van der Waals surface area (Å²) >= 11 is 0. The van der Waals surface area contributed by atoms with Gasteiger partial charge in [-0.25, -0.2) is 8.78 Å². The van der Waals surface area contributed by atoms with Crippen LogP contribution in [-0.2, 0) is 0 Å². The number of halogens is 2. The van der Waals surface area contributed by atoms with Gasteiger partial charge in [0.15, 0.2) is 0 Å². The summed E-state index contributed by atoms with van der Waals surface area (Å²) in [5.74, 6) is -1.36. The molecule has 62 valence electrons. The maximum Gasteiger partial charge on any atom is 0.125 e. The van der Waals surface area contributed by atoms with Crippen LogP contribution in [0.3, 0.4) is 0 Å². The van der Waals surface area contributed by atoms with Gasteiger partial charge in [0.05, 0.1) is 11.6 Å². The fourth-order valence-electron chi connectivity index (χ4n) is 0.438. The molecule has 0 heterocycles. The van der Waals surface area contributed by atoms with Crippen LogP contribution in [0.4, 0.5) is 8.78 Å². The van der Waals surface area contributed by atoms with E-state index in [1.165, 1.54) is 6.92 Å². The van der Waals surface area contributed by atoms with E-state index in [1.54, 1.807) is 0 Å². The Morgan fingerprint density at radius 1 is 1.18 bits per heavy atom. The smallest absolute Gasteiger partial charge is 0.125 e. The van der Waals surface area contributed by atoms with Gasteiger partial charge in [0.2, 0.25) is 0 Å². The Bertz CT molecular complexity index is 206. The number of allylic oxidation sites excluding steroid dienone is 6. The van der Waals surface area contributed by atoms with Gasteiger partial charge < -0.3 is 5.11 Å². The Labute approximate surface area is 64.4 Å². The van der Waals surface area contributed by atoms with E-state index in [1.807, 2.05) is 0 Å². The average Bonchev–Trinajstić information content (AvgIpc) is 1.82. The minimum Gasteiger partial charge on any atom is -0.513 e. The van der Waals surface area contributed by atoms with Crippen LogP contribution >= 0.6 is 0 Å². The van der Waals surface area contributed by atoms with Gasteiger partial charge >= 0.3 is 0 Å². The highest BCUT2D eigenvalue weighted by Gasteiger charge is 1.88. The van der Waals surface area contributed by atoms with Gasteiger partial charge in [-0.3, -0.25) is 0 Å². The van der Waals surface area contributed by atoms with Crippen LogP contribution in [0.15, 0.2) is 35.6 Å². The summed E-state index contributed by atoms with van der Waals surface area (Å²) < 4.78 is 24.4. The Hall–Kier alpha value is -1.12. The molecule has 0 rings (SSSR count). The third-order valence-electron chi connectivity index (χ3n) is 0.821. The number of aliphatic hydroxyl groups is 1. The standard InChI is InChI=1S/C8H10F2O/c1-6(9)5-8(10)4-3-7(2)11/h3-5,11H,1-2H3/b6-5+,7-3+,8-4+. The lowest BCUT2D eigenvalue weighted by atomic mass is 10.3. The summed E-state index contributed by atoms with van der Waals surface area (Å²) in [6.07, 6.45) is 2.87. The van der Waals surface area contributed by atoms with Gasteiger partial charge in [0.1, 0.15) is 5.83 Å². The molecule has 0 atom stereocenters. The van der Waals surface area contributed by atoms with E-state index in [0.29, 0.717) is 0 Å². The van der Waals surface area contributed by atoms with Crippen LogP contribution in [-0.4, -0.2) is 5.11 Å². The molecule has 0 aromatic rings. The van der Waals surface area contributed by atoms with Gasteiger partial charge in [0.25, 0.3) is 0 Å². The molecule has 0 aromatic heterocycles. The predicted molar refractivity (Wildman–Crippen MR) is 40.4 cm³/mol.